The molecule has 1 aromatic rings. The number of hydrogen-bond acceptors (Lipinski definition) is 0. The lowest BCUT2D eigenvalue weighted by atomic mass is 9.99. The van der Waals surface area contributed by atoms with E-state index in [1.807, 2.05) is 0 Å². The zero-order chi connectivity index (χ0) is 12.3. The first kappa shape index (κ1) is 14.4. The Hall–Kier alpha value is 0.940. The van der Waals surface area contributed by atoms with Gasteiger partial charge in [-0.15, -0.1) is 17.9 Å². The van der Waals surface area contributed by atoms with Crippen molar-refractivity contribution in [1.82, 2.24) is 0 Å². The molecule has 4 heteroatoms. The maximum absolute atomic E-state index is 3.15. The maximum Gasteiger partial charge on any atom is 0.0149 e. The lowest BCUT2D eigenvalue weighted by Gasteiger charge is -2.26. The van der Waals surface area contributed by atoms with E-state index in [-0.39, 0.29) is 7.30 Å². The molecule has 0 bridgehead atoms. The Morgan fingerprint density at radius 1 is 1.41 bits per heavy atom. The van der Waals surface area contributed by atoms with Gasteiger partial charge in [0.1, 0.15) is 0 Å². The third-order valence-electron chi connectivity index (χ3n) is 3.68. The van der Waals surface area contributed by atoms with Gasteiger partial charge in [-0.3, -0.25) is 0 Å². The van der Waals surface area contributed by atoms with Crippen LogP contribution in [0.2, 0.25) is 0 Å². The zero-order valence-corrected chi connectivity index (χ0v) is 14.6. The molecule has 0 aromatic heterocycles. The number of rotatable bonds is 5. The van der Waals surface area contributed by atoms with E-state index in [9.17, 15) is 0 Å². The highest BCUT2D eigenvalue weighted by atomic mass is 32.6. The van der Waals surface area contributed by atoms with Crippen LogP contribution in [0.1, 0.15) is 43.0 Å². The van der Waals surface area contributed by atoms with Gasteiger partial charge in [0.2, 0.25) is 0 Å². The van der Waals surface area contributed by atoms with Gasteiger partial charge >= 0.3 is 0 Å². The van der Waals surface area contributed by atoms with E-state index in [2.05, 4.69) is 49.0 Å². The summed E-state index contributed by atoms with van der Waals surface area (Å²) in [7, 11) is 7.21. The van der Waals surface area contributed by atoms with Gasteiger partial charge < -0.3 is 0 Å². The molecule has 0 fully saturated rings. The molecular formula is C13H22P4. The van der Waals surface area contributed by atoms with Crippen LogP contribution in [0.5, 0.6) is 0 Å². The summed E-state index contributed by atoms with van der Waals surface area (Å²) in [5.41, 5.74) is 4.12. The van der Waals surface area contributed by atoms with Crippen molar-refractivity contribution in [2.24, 2.45) is 5.92 Å². The van der Waals surface area contributed by atoms with Gasteiger partial charge in [0.25, 0.3) is 0 Å². The molecule has 6 unspecified atom stereocenters. The van der Waals surface area contributed by atoms with Gasteiger partial charge in [-0.1, -0.05) is 59.3 Å². The topological polar surface area (TPSA) is 0 Å². The normalized spacial score (nSPS) is 25.4. The summed E-state index contributed by atoms with van der Waals surface area (Å²) in [5.74, 6) is 0.906. The second-order valence-corrected chi connectivity index (χ2v) is 14.3. The fourth-order valence-corrected chi connectivity index (χ4v) is 8.45. The highest BCUT2D eigenvalue weighted by Crippen LogP contribution is 2.77. The number of unbranched alkanes of at least 4 members (excludes halogenated alkanes) is 1. The van der Waals surface area contributed by atoms with Crippen molar-refractivity contribution in [2.45, 2.75) is 38.3 Å². The standard InChI is InChI=1S/C13H22P4/c1-2-3-6-11-9-10-7-4-5-8-12(10)13(11)17(15)16-14/h4-5,7-8,11,13,16H,2-3,6,9,14-15H2,1H3. The lowest BCUT2D eigenvalue weighted by molar-refractivity contribution is 0.481. The van der Waals surface area contributed by atoms with E-state index in [0.717, 1.165) is 19.5 Å². The van der Waals surface area contributed by atoms with Crippen LogP contribution >= 0.6 is 33.1 Å². The Labute approximate surface area is 113 Å². The first-order valence-electron chi connectivity index (χ1n) is 6.36. The van der Waals surface area contributed by atoms with Gasteiger partial charge in [-0.25, -0.2) is 0 Å². The van der Waals surface area contributed by atoms with Gasteiger partial charge in [-0.2, -0.15) is 0 Å². The van der Waals surface area contributed by atoms with Gasteiger partial charge in [0.15, 0.2) is 0 Å². The summed E-state index contributed by atoms with van der Waals surface area (Å²) in [6.07, 6.45) is 5.46. The molecule has 1 aliphatic rings. The molecule has 0 nitrogen and oxygen atoms in total. The Bertz CT molecular complexity index is 366. The summed E-state index contributed by atoms with van der Waals surface area (Å²) in [5, 5.41) is 0. The third kappa shape index (κ3) is 3.28. The van der Waals surface area contributed by atoms with Crippen molar-refractivity contribution in [3.8, 4) is 0 Å². The molecule has 0 N–H and O–H groups in total. The minimum Gasteiger partial charge on any atom is -0.110 e. The second kappa shape index (κ2) is 6.92. The molecule has 2 rings (SSSR count). The van der Waals surface area contributed by atoms with Crippen LogP contribution < -0.4 is 0 Å². The van der Waals surface area contributed by atoms with Crippen LogP contribution in [0, 0.1) is 5.92 Å². The second-order valence-electron chi connectivity index (χ2n) is 4.79. The smallest absolute Gasteiger partial charge is 0.0149 e. The van der Waals surface area contributed by atoms with Crippen LogP contribution in [0.15, 0.2) is 24.3 Å². The van der Waals surface area contributed by atoms with E-state index in [1.165, 1.54) is 25.7 Å². The molecule has 17 heavy (non-hydrogen) atoms. The van der Waals surface area contributed by atoms with Crippen LogP contribution in [-0.4, -0.2) is 0 Å². The van der Waals surface area contributed by atoms with Crippen molar-refractivity contribution >= 4 is 33.1 Å². The number of benzene rings is 1. The number of fused-ring (bicyclic) bond motifs is 1. The molecule has 0 heterocycles. The summed E-state index contributed by atoms with van der Waals surface area (Å²) in [4.78, 5) is 0. The van der Waals surface area contributed by atoms with Crippen molar-refractivity contribution in [1.29, 1.82) is 0 Å². The summed E-state index contributed by atoms with van der Waals surface area (Å²) in [6, 6.07) is 9.13. The van der Waals surface area contributed by atoms with Gasteiger partial charge in [0, 0.05) is 5.66 Å². The molecule has 0 spiro atoms. The average molecular weight is 302 g/mol. The van der Waals surface area contributed by atoms with Crippen LogP contribution in [-0.2, 0) is 6.42 Å². The van der Waals surface area contributed by atoms with Crippen molar-refractivity contribution in [3.63, 3.8) is 0 Å². The highest BCUT2D eigenvalue weighted by molar-refractivity contribution is 8.61. The molecule has 0 aliphatic heterocycles. The van der Waals surface area contributed by atoms with Gasteiger partial charge in [0.05, 0.1) is 0 Å². The van der Waals surface area contributed by atoms with Gasteiger partial charge in [-0.05, 0) is 29.9 Å². The van der Waals surface area contributed by atoms with Crippen LogP contribution in [0.4, 0.5) is 0 Å². The molecule has 1 aromatic carbocycles. The third-order valence-corrected chi connectivity index (χ3v) is 14.7. The summed E-state index contributed by atoms with van der Waals surface area (Å²) in [6.45, 7) is 2.30. The quantitative estimate of drug-likeness (QED) is 0.608. The molecule has 94 valence electrons. The predicted molar refractivity (Wildman–Crippen MR) is 90.6 cm³/mol. The molecule has 6 atom stereocenters. The maximum atomic E-state index is 3.15. The molecule has 0 amide bonds. The largest absolute Gasteiger partial charge is 0.110 e. The van der Waals surface area contributed by atoms with Crippen LogP contribution in [0.25, 0.3) is 0 Å². The van der Waals surface area contributed by atoms with Crippen molar-refractivity contribution < 1.29 is 0 Å². The van der Waals surface area contributed by atoms with Crippen molar-refractivity contribution in [2.75, 3.05) is 0 Å². The van der Waals surface area contributed by atoms with E-state index in [0.29, 0.717) is 0 Å². The average Bonchev–Trinajstić information content (AvgIpc) is 2.73. The fourth-order valence-electron chi connectivity index (χ4n) is 2.84. The summed E-state index contributed by atoms with van der Waals surface area (Å²) >= 11 is 0. The Kier molecular flexibility index (Phi) is 5.84. The van der Waals surface area contributed by atoms with Crippen LogP contribution in [0.3, 0.4) is 0 Å². The zero-order valence-electron chi connectivity index (χ0n) is 10.4. The SMILES string of the molecule is CCCCC1Cc2ccccc2C1P(P)PP. The fraction of sp³-hybridized carbons (Fsp3) is 0.538. The lowest BCUT2D eigenvalue weighted by Crippen LogP contribution is -2.04. The molecular weight excluding hydrogens is 280 g/mol. The predicted octanol–water partition coefficient (Wildman–Crippen LogP) is 5.75. The Balaban J connectivity index is 2.20. The Morgan fingerprint density at radius 3 is 2.88 bits per heavy atom. The number of hydrogen-bond donors (Lipinski definition) is 0. The van der Waals surface area contributed by atoms with E-state index >= 15 is 0 Å². The van der Waals surface area contributed by atoms with Crippen molar-refractivity contribution in [3.05, 3.63) is 35.4 Å². The molecule has 0 saturated heterocycles. The minimum atomic E-state index is 0.0855. The van der Waals surface area contributed by atoms with E-state index in [1.54, 1.807) is 11.1 Å². The minimum absolute atomic E-state index is 0.0855. The monoisotopic (exact) mass is 302 g/mol. The van der Waals surface area contributed by atoms with E-state index in [4.69, 9.17) is 0 Å². The Morgan fingerprint density at radius 2 is 2.18 bits per heavy atom. The first-order chi connectivity index (χ1) is 8.27. The highest BCUT2D eigenvalue weighted by Gasteiger charge is 2.34. The molecule has 1 aliphatic carbocycles. The summed E-state index contributed by atoms with van der Waals surface area (Å²) < 4.78 is 0. The first-order valence-corrected chi connectivity index (χ1v) is 13.0. The molecule has 0 saturated carbocycles. The van der Waals surface area contributed by atoms with E-state index < -0.39 is 0 Å². The molecule has 0 radical (unpaired) electrons.